The zero-order valence-corrected chi connectivity index (χ0v) is 10.5. The summed E-state index contributed by atoms with van der Waals surface area (Å²) in [6.07, 6.45) is 1.88. The summed E-state index contributed by atoms with van der Waals surface area (Å²) < 4.78 is 6.32. The highest BCUT2D eigenvalue weighted by atomic mass is 79.9. The lowest BCUT2D eigenvalue weighted by molar-refractivity contribution is -0.136. The van der Waals surface area contributed by atoms with Crippen LogP contribution in [0.4, 0.5) is 0 Å². The fourth-order valence-corrected chi connectivity index (χ4v) is 1.93. The summed E-state index contributed by atoms with van der Waals surface area (Å²) in [7, 11) is 0. The number of benzene rings is 1. The van der Waals surface area contributed by atoms with E-state index in [1.165, 1.54) is 6.20 Å². The van der Waals surface area contributed by atoms with Gasteiger partial charge in [-0.05, 0) is 17.7 Å². The van der Waals surface area contributed by atoms with Crippen molar-refractivity contribution in [2.24, 2.45) is 0 Å². The van der Waals surface area contributed by atoms with Crippen LogP contribution in [0.25, 0.3) is 0 Å². The Balaban J connectivity index is 2.08. The number of oxazole rings is 1. The van der Waals surface area contributed by atoms with Crippen LogP contribution in [0.5, 0.6) is 0 Å². The highest BCUT2D eigenvalue weighted by Crippen LogP contribution is 2.15. The van der Waals surface area contributed by atoms with Crippen molar-refractivity contribution in [3.63, 3.8) is 0 Å². The van der Waals surface area contributed by atoms with Gasteiger partial charge in [-0.2, -0.15) is 0 Å². The Morgan fingerprint density at radius 1 is 1.47 bits per heavy atom. The smallest absolute Gasteiger partial charge is 0.311 e. The zero-order valence-electron chi connectivity index (χ0n) is 8.89. The molecule has 4 nitrogen and oxygen atoms in total. The summed E-state index contributed by atoms with van der Waals surface area (Å²) in [5, 5.41) is 8.61. The van der Waals surface area contributed by atoms with E-state index in [0.717, 1.165) is 10.0 Å². The third kappa shape index (κ3) is 3.42. The average Bonchev–Trinajstić information content (AvgIpc) is 2.64. The summed E-state index contributed by atoms with van der Waals surface area (Å²) in [6, 6.07) is 7.81. The molecule has 5 heteroatoms. The van der Waals surface area contributed by atoms with Gasteiger partial charge in [-0.15, -0.1) is 0 Å². The van der Waals surface area contributed by atoms with Crippen molar-refractivity contribution in [2.45, 2.75) is 12.8 Å². The Labute approximate surface area is 106 Å². The highest BCUT2D eigenvalue weighted by Gasteiger charge is 2.08. The second kappa shape index (κ2) is 5.14. The third-order valence-electron chi connectivity index (χ3n) is 2.17. The van der Waals surface area contributed by atoms with Crippen LogP contribution < -0.4 is 0 Å². The molecule has 0 saturated heterocycles. The Morgan fingerprint density at radius 3 is 3.00 bits per heavy atom. The lowest BCUT2D eigenvalue weighted by Crippen LogP contribution is -1.98. The quantitative estimate of drug-likeness (QED) is 0.942. The van der Waals surface area contributed by atoms with Gasteiger partial charge in [0.25, 0.3) is 0 Å². The van der Waals surface area contributed by atoms with Gasteiger partial charge in [-0.25, -0.2) is 4.98 Å². The van der Waals surface area contributed by atoms with Crippen LogP contribution in [0.3, 0.4) is 0 Å². The molecule has 1 aromatic heterocycles. The van der Waals surface area contributed by atoms with E-state index in [1.807, 2.05) is 24.3 Å². The van der Waals surface area contributed by atoms with Crippen LogP contribution in [0, 0.1) is 0 Å². The molecular formula is C12H10BrNO3. The minimum atomic E-state index is -0.921. The zero-order chi connectivity index (χ0) is 12.3. The Hall–Kier alpha value is -1.62. The molecule has 1 aromatic carbocycles. The topological polar surface area (TPSA) is 63.3 Å². The first-order valence-electron chi connectivity index (χ1n) is 5.03. The number of carbonyl (C=O) groups is 1. The fraction of sp³-hybridized carbons (Fsp3) is 0.167. The molecule has 0 spiro atoms. The minimum Gasteiger partial charge on any atom is -0.481 e. The Morgan fingerprint density at radius 2 is 2.29 bits per heavy atom. The molecule has 0 aliphatic carbocycles. The highest BCUT2D eigenvalue weighted by molar-refractivity contribution is 9.10. The van der Waals surface area contributed by atoms with Gasteiger partial charge in [0.05, 0.1) is 6.20 Å². The van der Waals surface area contributed by atoms with Crippen molar-refractivity contribution in [3.05, 3.63) is 52.1 Å². The normalized spacial score (nSPS) is 10.4. The van der Waals surface area contributed by atoms with Crippen LogP contribution in [0.15, 0.2) is 39.4 Å². The summed E-state index contributed by atoms with van der Waals surface area (Å²) >= 11 is 3.38. The maximum atomic E-state index is 10.5. The van der Waals surface area contributed by atoms with Gasteiger partial charge in [0.2, 0.25) is 0 Å². The molecule has 2 aromatic rings. The third-order valence-corrected chi connectivity index (χ3v) is 2.66. The van der Waals surface area contributed by atoms with Crippen LogP contribution in [-0.2, 0) is 17.6 Å². The number of hydrogen-bond acceptors (Lipinski definition) is 3. The lowest BCUT2D eigenvalue weighted by atomic mass is 10.1. The van der Waals surface area contributed by atoms with E-state index in [4.69, 9.17) is 9.52 Å². The van der Waals surface area contributed by atoms with Crippen LogP contribution in [-0.4, -0.2) is 16.1 Å². The summed E-state index contributed by atoms with van der Waals surface area (Å²) in [4.78, 5) is 14.5. The number of halogens is 1. The Kier molecular flexibility index (Phi) is 3.58. The number of aromatic nitrogens is 1. The molecule has 0 atom stereocenters. The summed E-state index contributed by atoms with van der Waals surface area (Å²) in [5.74, 6) is -0.0167. The number of carboxylic acids is 1. The maximum absolute atomic E-state index is 10.5. The molecule has 1 heterocycles. The first-order valence-corrected chi connectivity index (χ1v) is 5.82. The van der Waals surface area contributed by atoms with E-state index >= 15 is 0 Å². The van der Waals surface area contributed by atoms with Gasteiger partial charge in [-0.1, -0.05) is 28.1 Å². The predicted molar refractivity (Wildman–Crippen MR) is 64.8 cm³/mol. The molecular weight excluding hydrogens is 286 g/mol. The van der Waals surface area contributed by atoms with Gasteiger partial charge in [0, 0.05) is 10.9 Å². The van der Waals surface area contributed by atoms with Crippen molar-refractivity contribution < 1.29 is 14.3 Å². The van der Waals surface area contributed by atoms with E-state index in [-0.39, 0.29) is 6.42 Å². The first-order chi connectivity index (χ1) is 8.13. The number of nitrogens with zero attached hydrogens (tertiary/aromatic N) is 1. The van der Waals surface area contributed by atoms with E-state index in [1.54, 1.807) is 0 Å². The van der Waals surface area contributed by atoms with Gasteiger partial charge >= 0.3 is 5.97 Å². The number of carboxylic acid groups (broad SMARTS) is 1. The lowest BCUT2D eigenvalue weighted by Gasteiger charge is -1.98. The first kappa shape index (κ1) is 11.9. The maximum Gasteiger partial charge on any atom is 0.311 e. The molecule has 0 bridgehead atoms. The fourth-order valence-electron chi connectivity index (χ4n) is 1.48. The van der Waals surface area contributed by atoms with Crippen molar-refractivity contribution in [3.8, 4) is 0 Å². The standard InChI is InChI=1S/C12H10BrNO3/c13-9-3-1-2-8(4-9)5-11-14-7-10(17-11)6-12(15)16/h1-4,7H,5-6H2,(H,15,16). The molecule has 0 unspecified atom stereocenters. The molecule has 0 amide bonds. The average molecular weight is 296 g/mol. The Bertz CT molecular complexity index is 536. The molecule has 0 aliphatic heterocycles. The molecule has 1 N–H and O–H groups in total. The SMILES string of the molecule is O=C(O)Cc1cnc(Cc2cccc(Br)c2)o1. The monoisotopic (exact) mass is 295 g/mol. The van der Waals surface area contributed by atoms with Crippen LogP contribution in [0.2, 0.25) is 0 Å². The van der Waals surface area contributed by atoms with Crippen molar-refractivity contribution in [1.82, 2.24) is 4.98 Å². The molecule has 88 valence electrons. The van der Waals surface area contributed by atoms with Gasteiger partial charge in [0.15, 0.2) is 5.89 Å². The van der Waals surface area contributed by atoms with Crippen molar-refractivity contribution in [2.75, 3.05) is 0 Å². The predicted octanol–water partition coefficient (Wildman–Crippen LogP) is 2.66. The largest absolute Gasteiger partial charge is 0.481 e. The van der Waals surface area contributed by atoms with E-state index in [0.29, 0.717) is 18.1 Å². The molecule has 0 saturated carbocycles. The van der Waals surface area contributed by atoms with Crippen LogP contribution >= 0.6 is 15.9 Å². The minimum absolute atomic E-state index is 0.133. The molecule has 17 heavy (non-hydrogen) atoms. The van der Waals surface area contributed by atoms with Gasteiger partial charge in [0.1, 0.15) is 12.2 Å². The van der Waals surface area contributed by atoms with Crippen molar-refractivity contribution in [1.29, 1.82) is 0 Å². The summed E-state index contributed by atoms with van der Waals surface area (Å²) in [6.45, 7) is 0. The molecule has 2 rings (SSSR count). The summed E-state index contributed by atoms with van der Waals surface area (Å²) in [5.41, 5.74) is 1.06. The molecule has 0 radical (unpaired) electrons. The number of hydrogen-bond donors (Lipinski definition) is 1. The second-order valence-corrected chi connectivity index (χ2v) is 4.51. The van der Waals surface area contributed by atoms with E-state index in [2.05, 4.69) is 20.9 Å². The van der Waals surface area contributed by atoms with E-state index in [9.17, 15) is 4.79 Å². The van der Waals surface area contributed by atoms with E-state index < -0.39 is 5.97 Å². The second-order valence-electron chi connectivity index (χ2n) is 3.60. The number of rotatable bonds is 4. The van der Waals surface area contributed by atoms with Gasteiger partial charge < -0.3 is 9.52 Å². The molecule has 0 aliphatic rings. The van der Waals surface area contributed by atoms with Gasteiger partial charge in [-0.3, -0.25) is 4.79 Å². The van der Waals surface area contributed by atoms with Crippen LogP contribution in [0.1, 0.15) is 17.2 Å². The molecule has 0 fully saturated rings. The number of aliphatic carboxylic acids is 1. The van der Waals surface area contributed by atoms with Crippen molar-refractivity contribution >= 4 is 21.9 Å².